The van der Waals surface area contributed by atoms with Crippen LogP contribution in [0.25, 0.3) is 0 Å². The fourth-order valence-corrected chi connectivity index (χ4v) is 2.77. The van der Waals surface area contributed by atoms with Crippen molar-refractivity contribution in [1.29, 1.82) is 0 Å². The van der Waals surface area contributed by atoms with Crippen LogP contribution >= 0.6 is 0 Å². The summed E-state index contributed by atoms with van der Waals surface area (Å²) in [5.41, 5.74) is 0.689. The topological polar surface area (TPSA) is 85.7 Å². The molecule has 0 radical (unpaired) electrons. The van der Waals surface area contributed by atoms with Crippen molar-refractivity contribution in [2.24, 2.45) is 0 Å². The van der Waals surface area contributed by atoms with Gasteiger partial charge in [0, 0.05) is 44.1 Å². The number of nitrogens with zero attached hydrogens (tertiary/aromatic N) is 3. The van der Waals surface area contributed by atoms with Crippen LogP contribution in [0.1, 0.15) is 12.2 Å². The van der Waals surface area contributed by atoms with Gasteiger partial charge in [-0.2, -0.15) is 0 Å². The third-order valence-corrected chi connectivity index (χ3v) is 4.37. The first-order valence-electron chi connectivity index (χ1n) is 8.98. The number of benzene rings is 1. The minimum Gasteiger partial charge on any atom is -0.484 e. The summed E-state index contributed by atoms with van der Waals surface area (Å²) in [6.07, 6.45) is 3.94. The number of aromatic nitrogens is 2. The largest absolute Gasteiger partial charge is 0.484 e. The van der Waals surface area contributed by atoms with Crippen LogP contribution in [-0.2, 0) is 20.9 Å². The highest BCUT2D eigenvalue weighted by Gasteiger charge is 2.17. The molecule has 2 heterocycles. The number of amides is 2. The van der Waals surface area contributed by atoms with E-state index < -0.39 is 0 Å². The third kappa shape index (κ3) is 5.55. The van der Waals surface area contributed by atoms with E-state index in [1.165, 1.54) is 0 Å². The lowest BCUT2D eigenvalue weighted by molar-refractivity contribution is -0.137. The number of carbonyl (C=O) groups excluding carboxylic acids is 2. The summed E-state index contributed by atoms with van der Waals surface area (Å²) in [5.74, 6) is 1.35. The van der Waals surface area contributed by atoms with E-state index in [0.717, 1.165) is 5.82 Å². The second kappa shape index (κ2) is 9.18. The summed E-state index contributed by atoms with van der Waals surface area (Å²) >= 11 is 0. The highest BCUT2D eigenvalue weighted by Crippen LogP contribution is 2.16. The van der Waals surface area contributed by atoms with Gasteiger partial charge >= 0.3 is 0 Å². The molecule has 0 aliphatic carbocycles. The molecule has 8 nitrogen and oxygen atoms in total. The summed E-state index contributed by atoms with van der Waals surface area (Å²) in [7, 11) is 0. The van der Waals surface area contributed by atoms with Crippen molar-refractivity contribution >= 4 is 17.5 Å². The zero-order chi connectivity index (χ0) is 19.1. The normalized spacial score (nSPS) is 14.0. The van der Waals surface area contributed by atoms with Gasteiger partial charge in [-0.25, -0.2) is 4.98 Å². The fraction of sp³-hybridized carbons (Fsp3) is 0.421. The molecule has 0 bridgehead atoms. The highest BCUT2D eigenvalue weighted by atomic mass is 16.5. The quantitative estimate of drug-likeness (QED) is 0.795. The number of morpholine rings is 1. The predicted molar refractivity (Wildman–Crippen MR) is 99.5 cm³/mol. The Labute approximate surface area is 158 Å². The maximum Gasteiger partial charge on any atom is 0.260 e. The van der Waals surface area contributed by atoms with Gasteiger partial charge in [-0.15, -0.1) is 0 Å². The van der Waals surface area contributed by atoms with Crippen molar-refractivity contribution in [3.05, 3.63) is 42.5 Å². The molecule has 0 unspecified atom stereocenters. The molecule has 1 aromatic carbocycles. The number of aryl methyl sites for hydroxylation is 2. The Morgan fingerprint density at radius 3 is 2.63 bits per heavy atom. The Morgan fingerprint density at radius 2 is 1.96 bits per heavy atom. The first-order chi connectivity index (χ1) is 13.1. The molecule has 3 rings (SSSR count). The van der Waals surface area contributed by atoms with Crippen molar-refractivity contribution < 1.29 is 19.1 Å². The molecule has 1 aliphatic rings. The number of nitrogens with one attached hydrogen (secondary N) is 1. The lowest BCUT2D eigenvalue weighted by Crippen LogP contribution is -2.42. The third-order valence-electron chi connectivity index (χ3n) is 4.37. The van der Waals surface area contributed by atoms with Crippen LogP contribution in [0.15, 0.2) is 36.7 Å². The molecule has 27 heavy (non-hydrogen) atoms. The van der Waals surface area contributed by atoms with E-state index in [1.807, 2.05) is 17.7 Å². The molecular formula is C19H24N4O4. The fourth-order valence-electron chi connectivity index (χ4n) is 2.77. The first kappa shape index (κ1) is 18.9. The maximum atomic E-state index is 12.1. The van der Waals surface area contributed by atoms with Crippen LogP contribution in [0.4, 0.5) is 5.69 Å². The van der Waals surface area contributed by atoms with Gasteiger partial charge in [0.2, 0.25) is 5.91 Å². The monoisotopic (exact) mass is 372 g/mol. The molecule has 2 aromatic rings. The Morgan fingerprint density at radius 1 is 1.22 bits per heavy atom. The van der Waals surface area contributed by atoms with Gasteiger partial charge in [0.25, 0.3) is 5.91 Å². The van der Waals surface area contributed by atoms with E-state index in [1.54, 1.807) is 35.4 Å². The van der Waals surface area contributed by atoms with Gasteiger partial charge in [0.15, 0.2) is 6.61 Å². The second-order valence-corrected chi connectivity index (χ2v) is 6.27. The van der Waals surface area contributed by atoms with Gasteiger partial charge < -0.3 is 24.3 Å². The molecular weight excluding hydrogens is 348 g/mol. The number of ether oxygens (including phenoxy) is 2. The molecule has 144 valence electrons. The van der Waals surface area contributed by atoms with Crippen LogP contribution in [-0.4, -0.2) is 59.2 Å². The van der Waals surface area contributed by atoms with E-state index in [4.69, 9.17) is 9.47 Å². The highest BCUT2D eigenvalue weighted by molar-refractivity contribution is 5.90. The van der Waals surface area contributed by atoms with Crippen molar-refractivity contribution in [2.75, 3.05) is 38.2 Å². The van der Waals surface area contributed by atoms with Gasteiger partial charge in [0.1, 0.15) is 11.6 Å². The van der Waals surface area contributed by atoms with Crippen molar-refractivity contribution in [2.45, 2.75) is 19.9 Å². The molecule has 1 aromatic heterocycles. The zero-order valence-electron chi connectivity index (χ0n) is 15.4. The Balaban J connectivity index is 1.42. The van der Waals surface area contributed by atoms with Crippen LogP contribution in [0.3, 0.4) is 0 Å². The summed E-state index contributed by atoms with van der Waals surface area (Å²) in [5, 5.41) is 2.85. The standard InChI is InChI=1S/C19H24N4O4/c1-15-20-7-9-22(15)8-6-18(24)21-16-2-4-17(5-3-16)27-14-19(25)23-10-12-26-13-11-23/h2-5,7,9H,6,8,10-14H2,1H3,(H,21,24). The lowest BCUT2D eigenvalue weighted by atomic mass is 10.3. The molecule has 2 amide bonds. The summed E-state index contributed by atoms with van der Waals surface area (Å²) in [6, 6.07) is 6.99. The SMILES string of the molecule is Cc1nccn1CCC(=O)Nc1ccc(OCC(=O)N2CCOCC2)cc1. The minimum atomic E-state index is -0.0701. The van der Waals surface area contributed by atoms with E-state index in [0.29, 0.717) is 50.7 Å². The van der Waals surface area contributed by atoms with Crippen molar-refractivity contribution in [1.82, 2.24) is 14.5 Å². The number of carbonyl (C=O) groups is 2. The molecule has 0 saturated carbocycles. The number of imidazole rings is 1. The first-order valence-corrected chi connectivity index (χ1v) is 8.98. The van der Waals surface area contributed by atoms with Gasteiger partial charge in [-0.3, -0.25) is 9.59 Å². The average Bonchev–Trinajstić information content (AvgIpc) is 3.11. The van der Waals surface area contributed by atoms with Gasteiger partial charge in [-0.1, -0.05) is 0 Å². The predicted octanol–water partition coefficient (Wildman–Crippen LogP) is 1.46. The Hall–Kier alpha value is -2.87. The molecule has 1 saturated heterocycles. The molecule has 1 fully saturated rings. The van der Waals surface area contributed by atoms with E-state index in [-0.39, 0.29) is 18.4 Å². The smallest absolute Gasteiger partial charge is 0.260 e. The Kier molecular flexibility index (Phi) is 6.43. The number of anilines is 1. The molecule has 0 spiro atoms. The lowest BCUT2D eigenvalue weighted by Gasteiger charge is -2.26. The van der Waals surface area contributed by atoms with Crippen molar-refractivity contribution in [3.63, 3.8) is 0 Å². The van der Waals surface area contributed by atoms with Crippen LogP contribution in [0, 0.1) is 6.92 Å². The van der Waals surface area contributed by atoms with Crippen LogP contribution in [0.2, 0.25) is 0 Å². The summed E-state index contributed by atoms with van der Waals surface area (Å²) in [4.78, 5) is 30.0. The van der Waals surface area contributed by atoms with E-state index in [2.05, 4.69) is 10.3 Å². The Bertz CT molecular complexity index is 766. The molecule has 1 aliphatic heterocycles. The van der Waals surface area contributed by atoms with Crippen LogP contribution in [0.5, 0.6) is 5.75 Å². The second-order valence-electron chi connectivity index (χ2n) is 6.27. The number of rotatable bonds is 7. The zero-order valence-corrected chi connectivity index (χ0v) is 15.4. The maximum absolute atomic E-state index is 12.1. The van der Waals surface area contributed by atoms with Crippen molar-refractivity contribution in [3.8, 4) is 5.75 Å². The van der Waals surface area contributed by atoms with Crippen LogP contribution < -0.4 is 10.1 Å². The molecule has 8 heteroatoms. The van der Waals surface area contributed by atoms with E-state index >= 15 is 0 Å². The summed E-state index contributed by atoms with van der Waals surface area (Å²) < 4.78 is 12.7. The van der Waals surface area contributed by atoms with E-state index in [9.17, 15) is 9.59 Å². The molecule has 1 N–H and O–H groups in total. The summed E-state index contributed by atoms with van der Waals surface area (Å²) in [6.45, 7) is 4.83. The average molecular weight is 372 g/mol. The molecule has 0 atom stereocenters. The van der Waals surface area contributed by atoms with Gasteiger partial charge in [-0.05, 0) is 31.2 Å². The number of hydrogen-bond donors (Lipinski definition) is 1. The minimum absolute atomic E-state index is 0.00401. The van der Waals surface area contributed by atoms with Gasteiger partial charge in [0.05, 0.1) is 13.2 Å². The number of hydrogen-bond acceptors (Lipinski definition) is 5.